The van der Waals surface area contributed by atoms with Crippen molar-refractivity contribution in [1.29, 1.82) is 0 Å². The van der Waals surface area contributed by atoms with E-state index in [-0.39, 0.29) is 11.9 Å². The fourth-order valence-corrected chi connectivity index (χ4v) is 3.36. The van der Waals surface area contributed by atoms with Crippen molar-refractivity contribution >= 4 is 23.2 Å². The lowest BCUT2D eigenvalue weighted by Gasteiger charge is -2.32. The molecule has 1 amide bonds. The number of anilines is 1. The number of aromatic nitrogens is 2. The normalized spacial score (nSPS) is 16.0. The molecule has 1 fully saturated rings. The number of rotatable bonds is 3. The summed E-state index contributed by atoms with van der Waals surface area (Å²) in [6.07, 6.45) is 5.37. The van der Waals surface area contributed by atoms with E-state index < -0.39 is 0 Å². The molecule has 5 nitrogen and oxygen atoms in total. The minimum absolute atomic E-state index is 0.0527. The number of piperidine rings is 1. The number of nitrogens with one attached hydrogen (secondary N) is 1. The van der Waals surface area contributed by atoms with Gasteiger partial charge in [-0.1, -0.05) is 0 Å². The van der Waals surface area contributed by atoms with Gasteiger partial charge in [0, 0.05) is 31.5 Å². The Morgan fingerprint density at radius 1 is 1.33 bits per heavy atom. The van der Waals surface area contributed by atoms with Crippen molar-refractivity contribution < 1.29 is 4.79 Å². The third-order valence-electron chi connectivity index (χ3n) is 3.73. The zero-order valence-electron chi connectivity index (χ0n) is 12.0. The summed E-state index contributed by atoms with van der Waals surface area (Å²) in [7, 11) is 0. The Morgan fingerprint density at radius 2 is 2.05 bits per heavy atom. The van der Waals surface area contributed by atoms with Gasteiger partial charge in [-0.3, -0.25) is 4.79 Å². The Hall–Kier alpha value is -1.95. The predicted octanol–water partition coefficient (Wildman–Crippen LogP) is 2.25. The average molecular weight is 302 g/mol. The Labute approximate surface area is 128 Å². The van der Waals surface area contributed by atoms with Crippen LogP contribution < -0.4 is 10.2 Å². The van der Waals surface area contributed by atoms with Crippen LogP contribution in [0.1, 0.15) is 28.1 Å². The summed E-state index contributed by atoms with van der Waals surface area (Å²) >= 11 is 1.50. The minimum atomic E-state index is 0.0527. The largest absolute Gasteiger partial charge is 0.348 e. The summed E-state index contributed by atoms with van der Waals surface area (Å²) < 4.78 is 0. The molecule has 0 radical (unpaired) electrons. The third-order valence-corrected chi connectivity index (χ3v) is 4.75. The Kier molecular flexibility index (Phi) is 4.15. The molecular weight excluding hydrogens is 284 g/mol. The van der Waals surface area contributed by atoms with Gasteiger partial charge in [-0.05, 0) is 42.8 Å². The van der Waals surface area contributed by atoms with Crippen LogP contribution in [0.2, 0.25) is 0 Å². The van der Waals surface area contributed by atoms with Crippen molar-refractivity contribution in [2.75, 3.05) is 18.0 Å². The summed E-state index contributed by atoms with van der Waals surface area (Å²) in [5.41, 5.74) is 1.05. The maximum Gasteiger partial charge on any atom is 0.261 e. The highest BCUT2D eigenvalue weighted by Gasteiger charge is 2.23. The molecule has 0 unspecified atom stereocenters. The number of amides is 1. The molecule has 1 N–H and O–H groups in total. The first-order valence-electron chi connectivity index (χ1n) is 7.11. The van der Waals surface area contributed by atoms with E-state index in [4.69, 9.17) is 0 Å². The number of aryl methyl sites for hydroxylation is 1. The fourth-order valence-electron chi connectivity index (χ4n) is 2.53. The quantitative estimate of drug-likeness (QED) is 0.945. The maximum absolute atomic E-state index is 12.2. The van der Waals surface area contributed by atoms with Crippen molar-refractivity contribution in [3.63, 3.8) is 0 Å². The molecule has 0 bridgehead atoms. The molecule has 3 heterocycles. The van der Waals surface area contributed by atoms with Gasteiger partial charge in [-0.25, -0.2) is 9.97 Å². The Bertz CT molecular complexity index is 605. The molecule has 21 heavy (non-hydrogen) atoms. The van der Waals surface area contributed by atoms with Crippen molar-refractivity contribution in [3.05, 3.63) is 40.3 Å². The summed E-state index contributed by atoms with van der Waals surface area (Å²) in [5.74, 6) is 0.827. The molecule has 0 spiro atoms. The van der Waals surface area contributed by atoms with E-state index in [1.807, 2.05) is 24.4 Å². The van der Waals surface area contributed by atoms with Gasteiger partial charge in [0.1, 0.15) is 0 Å². The summed E-state index contributed by atoms with van der Waals surface area (Å²) in [4.78, 5) is 23.7. The van der Waals surface area contributed by atoms with Crippen LogP contribution in [-0.2, 0) is 0 Å². The van der Waals surface area contributed by atoms with Gasteiger partial charge < -0.3 is 10.2 Å². The Morgan fingerprint density at radius 3 is 2.67 bits per heavy atom. The molecule has 1 aliphatic rings. The van der Waals surface area contributed by atoms with Gasteiger partial charge in [-0.15, -0.1) is 11.3 Å². The highest BCUT2D eigenvalue weighted by molar-refractivity contribution is 7.12. The van der Waals surface area contributed by atoms with Gasteiger partial charge in [0.05, 0.1) is 4.88 Å². The van der Waals surface area contributed by atoms with Crippen LogP contribution in [-0.4, -0.2) is 35.0 Å². The van der Waals surface area contributed by atoms with Crippen molar-refractivity contribution in [1.82, 2.24) is 15.3 Å². The monoisotopic (exact) mass is 302 g/mol. The molecule has 2 aromatic rings. The van der Waals surface area contributed by atoms with Crippen LogP contribution in [0.5, 0.6) is 0 Å². The van der Waals surface area contributed by atoms with Crippen LogP contribution in [0.15, 0.2) is 29.9 Å². The molecule has 2 aromatic heterocycles. The standard InChI is InChI=1S/C15H18N4OS/c1-11-5-10-21-13(11)14(20)18-12-3-8-19(9-4-12)15-16-6-2-7-17-15/h2,5-7,10,12H,3-4,8-9H2,1H3,(H,18,20). The number of carbonyl (C=O) groups is 1. The predicted molar refractivity (Wildman–Crippen MR) is 83.8 cm³/mol. The number of carbonyl (C=O) groups excluding carboxylic acids is 1. The maximum atomic E-state index is 12.2. The van der Waals surface area contributed by atoms with Crippen LogP contribution in [0.25, 0.3) is 0 Å². The molecule has 0 saturated carbocycles. The number of nitrogens with zero attached hydrogens (tertiary/aromatic N) is 3. The zero-order chi connectivity index (χ0) is 14.7. The molecule has 0 atom stereocenters. The lowest BCUT2D eigenvalue weighted by molar-refractivity contribution is 0.0934. The Balaban J connectivity index is 1.55. The van der Waals surface area contributed by atoms with E-state index in [2.05, 4.69) is 20.2 Å². The summed E-state index contributed by atoms with van der Waals surface area (Å²) in [5, 5.41) is 5.10. The third kappa shape index (κ3) is 3.21. The number of hydrogen-bond donors (Lipinski definition) is 1. The van der Waals surface area contributed by atoms with Gasteiger partial charge in [0.25, 0.3) is 5.91 Å². The average Bonchev–Trinajstić information content (AvgIpc) is 2.95. The molecule has 110 valence electrons. The fraction of sp³-hybridized carbons (Fsp3) is 0.400. The minimum Gasteiger partial charge on any atom is -0.348 e. The van der Waals surface area contributed by atoms with Crippen molar-refractivity contribution in [3.8, 4) is 0 Å². The number of hydrogen-bond acceptors (Lipinski definition) is 5. The smallest absolute Gasteiger partial charge is 0.261 e. The van der Waals surface area contributed by atoms with Crippen LogP contribution in [0, 0.1) is 6.92 Å². The van der Waals surface area contributed by atoms with E-state index in [1.54, 1.807) is 12.4 Å². The highest BCUT2D eigenvalue weighted by atomic mass is 32.1. The topological polar surface area (TPSA) is 58.1 Å². The van der Waals surface area contributed by atoms with E-state index >= 15 is 0 Å². The summed E-state index contributed by atoms with van der Waals surface area (Å²) in [6.45, 7) is 3.72. The van der Waals surface area contributed by atoms with Gasteiger partial charge >= 0.3 is 0 Å². The van der Waals surface area contributed by atoms with Gasteiger partial charge in [0.15, 0.2) is 0 Å². The first-order valence-corrected chi connectivity index (χ1v) is 7.99. The van der Waals surface area contributed by atoms with E-state index in [0.717, 1.165) is 42.3 Å². The molecule has 1 aliphatic heterocycles. The van der Waals surface area contributed by atoms with Crippen molar-refractivity contribution in [2.45, 2.75) is 25.8 Å². The second-order valence-electron chi connectivity index (χ2n) is 5.22. The lowest BCUT2D eigenvalue weighted by atomic mass is 10.1. The molecule has 0 aliphatic carbocycles. The van der Waals surface area contributed by atoms with Gasteiger partial charge in [-0.2, -0.15) is 0 Å². The van der Waals surface area contributed by atoms with E-state index in [0.29, 0.717) is 0 Å². The summed E-state index contributed by atoms with van der Waals surface area (Å²) in [6, 6.07) is 4.04. The zero-order valence-corrected chi connectivity index (χ0v) is 12.8. The van der Waals surface area contributed by atoms with Crippen molar-refractivity contribution in [2.24, 2.45) is 0 Å². The number of thiophene rings is 1. The van der Waals surface area contributed by atoms with Crippen LogP contribution in [0.3, 0.4) is 0 Å². The SMILES string of the molecule is Cc1ccsc1C(=O)NC1CCN(c2ncccn2)CC1. The first-order chi connectivity index (χ1) is 10.2. The van der Waals surface area contributed by atoms with Crippen LogP contribution >= 0.6 is 11.3 Å². The molecule has 1 saturated heterocycles. The first kappa shape index (κ1) is 14.0. The highest BCUT2D eigenvalue weighted by Crippen LogP contribution is 2.18. The molecular formula is C15H18N4OS. The molecule has 6 heteroatoms. The van der Waals surface area contributed by atoms with Crippen LogP contribution in [0.4, 0.5) is 5.95 Å². The second kappa shape index (κ2) is 6.22. The van der Waals surface area contributed by atoms with E-state index in [9.17, 15) is 4.79 Å². The second-order valence-corrected chi connectivity index (χ2v) is 6.13. The van der Waals surface area contributed by atoms with Gasteiger partial charge in [0.2, 0.25) is 5.95 Å². The lowest BCUT2D eigenvalue weighted by Crippen LogP contribution is -2.45. The van der Waals surface area contributed by atoms with E-state index in [1.165, 1.54) is 11.3 Å². The molecule has 3 rings (SSSR count). The molecule has 0 aromatic carbocycles.